The van der Waals surface area contributed by atoms with E-state index in [-0.39, 0.29) is 15.8 Å². The third-order valence-electron chi connectivity index (χ3n) is 7.66. The van der Waals surface area contributed by atoms with E-state index in [1.807, 2.05) is 0 Å². The van der Waals surface area contributed by atoms with Crippen molar-refractivity contribution >= 4 is 48.4 Å². The van der Waals surface area contributed by atoms with Gasteiger partial charge in [-0.05, 0) is 56.5 Å². The minimum Gasteiger partial charge on any atom is -0.455 e. The SMILES string of the molecule is CC(C)P(c1cccc(-c2cccc3c2oc2c(-c4cccc(P(C(C)C)C(C)C)c4)cccc23)c1)C(C)C. The molecule has 0 aliphatic heterocycles. The van der Waals surface area contributed by atoms with Gasteiger partial charge in [-0.1, -0.05) is 144 Å². The largest absolute Gasteiger partial charge is 0.455 e. The average molecular weight is 553 g/mol. The van der Waals surface area contributed by atoms with Gasteiger partial charge in [-0.25, -0.2) is 0 Å². The van der Waals surface area contributed by atoms with Gasteiger partial charge in [0.2, 0.25) is 0 Å². The Morgan fingerprint density at radius 2 is 0.821 bits per heavy atom. The maximum absolute atomic E-state index is 6.82. The summed E-state index contributed by atoms with van der Waals surface area (Å²) in [5.41, 5.74) is 9.43. The van der Waals surface area contributed by atoms with Crippen molar-refractivity contribution in [3.63, 3.8) is 0 Å². The molecule has 0 atom stereocenters. The summed E-state index contributed by atoms with van der Waals surface area (Å²) < 4.78 is 6.82. The summed E-state index contributed by atoms with van der Waals surface area (Å²) in [5, 5.41) is 5.33. The summed E-state index contributed by atoms with van der Waals surface area (Å²) in [6.07, 6.45) is 0. The first-order valence-corrected chi connectivity index (χ1v) is 17.3. The second kappa shape index (κ2) is 11.6. The number of hydrogen-bond donors (Lipinski definition) is 0. The first-order chi connectivity index (χ1) is 18.7. The molecule has 0 N–H and O–H groups in total. The summed E-state index contributed by atoms with van der Waals surface area (Å²) in [7, 11) is -0.452. The molecule has 0 unspecified atom stereocenters. The minimum absolute atomic E-state index is 0.226. The zero-order chi connectivity index (χ0) is 27.8. The monoisotopic (exact) mass is 552 g/mol. The molecule has 4 aromatic carbocycles. The van der Waals surface area contributed by atoms with E-state index in [0.717, 1.165) is 11.2 Å². The van der Waals surface area contributed by atoms with E-state index >= 15 is 0 Å². The van der Waals surface area contributed by atoms with Crippen LogP contribution in [0.4, 0.5) is 0 Å². The van der Waals surface area contributed by atoms with Gasteiger partial charge in [0.15, 0.2) is 0 Å². The third kappa shape index (κ3) is 5.46. The quantitative estimate of drug-likeness (QED) is 0.175. The van der Waals surface area contributed by atoms with Crippen molar-refractivity contribution in [2.45, 2.75) is 78.0 Å². The first-order valence-electron chi connectivity index (χ1n) is 14.4. The number of fused-ring (bicyclic) bond motifs is 3. The molecular weight excluding hydrogens is 510 g/mol. The first kappa shape index (κ1) is 28.1. The Hall–Kier alpha value is -2.46. The molecule has 0 fully saturated rings. The van der Waals surface area contributed by atoms with Gasteiger partial charge in [-0.15, -0.1) is 0 Å². The average Bonchev–Trinajstić information content (AvgIpc) is 3.27. The summed E-state index contributed by atoms with van der Waals surface area (Å²) in [6, 6.07) is 31.6. The molecule has 0 aliphatic carbocycles. The Labute approximate surface area is 237 Å². The molecule has 0 aliphatic rings. The Balaban J connectivity index is 1.66. The standard InChI is InChI=1S/C36H42OP2/c1-23(2)38(24(3)4)29-15-9-13-27(21-29)31-17-11-19-33-34-20-12-18-32(36(34)37-35(31)33)28-14-10-16-30(22-28)39(25(5)6)26(7)8/h9-26H,1-8H3. The molecule has 0 saturated heterocycles. The van der Waals surface area contributed by atoms with Crippen LogP contribution in [-0.4, -0.2) is 22.6 Å². The molecule has 5 aromatic rings. The van der Waals surface area contributed by atoms with E-state index in [1.54, 1.807) is 0 Å². The normalized spacial score (nSPS) is 12.5. The number of rotatable bonds is 8. The highest BCUT2D eigenvalue weighted by atomic mass is 31.1. The number of benzene rings is 4. The second-order valence-corrected chi connectivity index (χ2v) is 18.5. The lowest BCUT2D eigenvalue weighted by Gasteiger charge is -2.26. The van der Waals surface area contributed by atoms with Gasteiger partial charge in [-0.3, -0.25) is 0 Å². The minimum atomic E-state index is -0.226. The van der Waals surface area contributed by atoms with Gasteiger partial charge in [-0.2, -0.15) is 0 Å². The van der Waals surface area contributed by atoms with E-state index < -0.39 is 0 Å². The second-order valence-electron chi connectivity index (χ2n) is 11.8. The van der Waals surface area contributed by atoms with Crippen LogP contribution in [0.2, 0.25) is 0 Å². The molecule has 5 rings (SSSR count). The van der Waals surface area contributed by atoms with Crippen molar-refractivity contribution in [1.29, 1.82) is 0 Å². The van der Waals surface area contributed by atoms with Crippen molar-refractivity contribution in [1.82, 2.24) is 0 Å². The molecular formula is C36H42OP2. The van der Waals surface area contributed by atoms with Crippen LogP contribution >= 0.6 is 15.8 Å². The fourth-order valence-electron chi connectivity index (χ4n) is 6.33. The zero-order valence-corrected chi connectivity index (χ0v) is 26.5. The number of para-hydroxylation sites is 2. The van der Waals surface area contributed by atoms with Crippen LogP contribution in [0.3, 0.4) is 0 Å². The van der Waals surface area contributed by atoms with Crippen molar-refractivity contribution < 1.29 is 4.42 Å². The highest BCUT2D eigenvalue weighted by Gasteiger charge is 2.22. The van der Waals surface area contributed by atoms with Crippen molar-refractivity contribution in [3.05, 3.63) is 84.9 Å². The summed E-state index contributed by atoms with van der Waals surface area (Å²) in [4.78, 5) is 0. The highest BCUT2D eigenvalue weighted by Crippen LogP contribution is 2.47. The van der Waals surface area contributed by atoms with Crippen molar-refractivity contribution in [3.8, 4) is 22.3 Å². The smallest absolute Gasteiger partial charge is 0.143 e. The predicted molar refractivity (Wildman–Crippen MR) is 178 cm³/mol. The lowest BCUT2D eigenvalue weighted by molar-refractivity contribution is 0.671. The molecule has 0 amide bonds. The maximum atomic E-state index is 6.82. The summed E-state index contributed by atoms with van der Waals surface area (Å²) >= 11 is 0. The zero-order valence-electron chi connectivity index (χ0n) is 24.7. The molecule has 39 heavy (non-hydrogen) atoms. The molecule has 1 aromatic heterocycles. The molecule has 1 heterocycles. The maximum Gasteiger partial charge on any atom is 0.143 e. The topological polar surface area (TPSA) is 13.1 Å². The van der Waals surface area contributed by atoms with E-state index in [2.05, 4.69) is 140 Å². The van der Waals surface area contributed by atoms with Gasteiger partial charge in [0, 0.05) is 21.9 Å². The Kier molecular flexibility index (Phi) is 8.33. The van der Waals surface area contributed by atoms with Crippen molar-refractivity contribution in [2.24, 2.45) is 0 Å². The molecule has 3 heteroatoms. The highest BCUT2D eigenvalue weighted by molar-refractivity contribution is 7.67. The lowest BCUT2D eigenvalue weighted by atomic mass is 10.0. The van der Waals surface area contributed by atoms with Gasteiger partial charge in [0.1, 0.15) is 11.2 Å². The van der Waals surface area contributed by atoms with Crippen molar-refractivity contribution in [2.75, 3.05) is 0 Å². The van der Waals surface area contributed by atoms with Gasteiger partial charge in [0.25, 0.3) is 0 Å². The fourth-order valence-corrected chi connectivity index (χ4v) is 12.2. The van der Waals surface area contributed by atoms with Gasteiger partial charge >= 0.3 is 0 Å². The van der Waals surface area contributed by atoms with Crippen LogP contribution in [0.15, 0.2) is 89.3 Å². The van der Waals surface area contributed by atoms with Crippen LogP contribution in [-0.2, 0) is 0 Å². The summed E-state index contributed by atoms with van der Waals surface area (Å²) in [5.74, 6) is 0. The lowest BCUT2D eigenvalue weighted by Crippen LogP contribution is -2.15. The fraction of sp³-hybridized carbons (Fsp3) is 0.333. The predicted octanol–water partition coefficient (Wildman–Crippen LogP) is 10.8. The summed E-state index contributed by atoms with van der Waals surface area (Å²) in [6.45, 7) is 18.9. The molecule has 0 saturated carbocycles. The molecule has 202 valence electrons. The molecule has 0 radical (unpaired) electrons. The van der Waals surface area contributed by atoms with Crippen LogP contribution in [0.1, 0.15) is 55.4 Å². The number of hydrogen-bond acceptors (Lipinski definition) is 1. The number of furan rings is 1. The Morgan fingerprint density at radius 1 is 0.462 bits per heavy atom. The Morgan fingerprint density at radius 3 is 1.18 bits per heavy atom. The Bertz CT molecular complexity index is 1460. The van der Waals surface area contributed by atoms with Crippen LogP contribution in [0, 0.1) is 0 Å². The molecule has 0 bridgehead atoms. The molecule has 1 nitrogen and oxygen atoms in total. The van der Waals surface area contributed by atoms with Crippen LogP contribution < -0.4 is 10.6 Å². The third-order valence-corrected chi connectivity index (χ3v) is 13.9. The van der Waals surface area contributed by atoms with Gasteiger partial charge < -0.3 is 4.42 Å². The van der Waals surface area contributed by atoms with Crippen LogP contribution in [0.5, 0.6) is 0 Å². The van der Waals surface area contributed by atoms with E-state index in [4.69, 9.17) is 4.42 Å². The van der Waals surface area contributed by atoms with Gasteiger partial charge in [0.05, 0.1) is 0 Å². The van der Waals surface area contributed by atoms with Crippen LogP contribution in [0.25, 0.3) is 44.2 Å². The van der Waals surface area contributed by atoms with E-state index in [9.17, 15) is 0 Å². The molecule has 0 spiro atoms. The van der Waals surface area contributed by atoms with E-state index in [1.165, 1.54) is 43.6 Å². The van der Waals surface area contributed by atoms with E-state index in [0.29, 0.717) is 22.6 Å².